The Kier molecular flexibility index (Phi) is 3.80. The highest BCUT2D eigenvalue weighted by Crippen LogP contribution is 2.14. The Morgan fingerprint density at radius 2 is 2.20 bits per heavy atom. The molecule has 0 atom stereocenters. The molecule has 0 N–H and O–H groups in total. The minimum absolute atomic E-state index is 0.00810. The summed E-state index contributed by atoms with van der Waals surface area (Å²) in [4.78, 5) is 26.4. The third-order valence-electron chi connectivity index (χ3n) is 1.70. The van der Waals surface area contributed by atoms with Crippen molar-refractivity contribution >= 4 is 23.4 Å². The second-order valence-electron chi connectivity index (χ2n) is 2.83. The molecule has 0 amide bonds. The summed E-state index contributed by atoms with van der Waals surface area (Å²) in [7, 11) is 0. The van der Waals surface area contributed by atoms with E-state index in [4.69, 9.17) is 16.3 Å². The Morgan fingerprint density at radius 1 is 1.53 bits per heavy atom. The van der Waals surface area contributed by atoms with Gasteiger partial charge in [-0.05, 0) is 19.9 Å². The highest BCUT2D eigenvalue weighted by Gasteiger charge is 2.17. The Bertz CT molecular complexity index is 404. The SMILES string of the molecule is CCOC(=O)c1ncc(Cl)cc1C(C)=O. The molecule has 1 aromatic rings. The van der Waals surface area contributed by atoms with E-state index in [-0.39, 0.29) is 23.6 Å². The van der Waals surface area contributed by atoms with Gasteiger partial charge in [-0.15, -0.1) is 0 Å². The van der Waals surface area contributed by atoms with Crippen LogP contribution in [-0.4, -0.2) is 23.3 Å². The average Bonchev–Trinajstić information content (AvgIpc) is 2.17. The predicted octanol–water partition coefficient (Wildman–Crippen LogP) is 2.11. The van der Waals surface area contributed by atoms with Gasteiger partial charge in [0.15, 0.2) is 11.5 Å². The number of aromatic nitrogens is 1. The molecule has 0 aliphatic carbocycles. The van der Waals surface area contributed by atoms with Crippen molar-refractivity contribution in [3.8, 4) is 0 Å². The van der Waals surface area contributed by atoms with Gasteiger partial charge in [-0.3, -0.25) is 4.79 Å². The number of nitrogens with zero attached hydrogens (tertiary/aromatic N) is 1. The fraction of sp³-hybridized carbons (Fsp3) is 0.300. The second-order valence-corrected chi connectivity index (χ2v) is 3.26. The minimum atomic E-state index is -0.612. The van der Waals surface area contributed by atoms with E-state index in [0.717, 1.165) is 0 Å². The lowest BCUT2D eigenvalue weighted by atomic mass is 10.1. The number of carbonyl (C=O) groups is 2. The van der Waals surface area contributed by atoms with Crippen molar-refractivity contribution in [2.45, 2.75) is 13.8 Å². The van der Waals surface area contributed by atoms with Crippen LogP contribution in [0.15, 0.2) is 12.3 Å². The molecule has 0 fully saturated rings. The Balaban J connectivity index is 3.17. The van der Waals surface area contributed by atoms with Gasteiger partial charge < -0.3 is 4.74 Å². The van der Waals surface area contributed by atoms with Crippen molar-refractivity contribution in [2.75, 3.05) is 6.61 Å². The summed E-state index contributed by atoms with van der Waals surface area (Å²) < 4.78 is 4.76. The van der Waals surface area contributed by atoms with Crippen LogP contribution in [0.5, 0.6) is 0 Å². The zero-order valence-corrected chi connectivity index (χ0v) is 9.17. The molecule has 4 nitrogen and oxygen atoms in total. The predicted molar refractivity (Wildman–Crippen MR) is 55.2 cm³/mol. The van der Waals surface area contributed by atoms with Crippen molar-refractivity contribution in [1.29, 1.82) is 0 Å². The molecule has 0 unspecified atom stereocenters. The smallest absolute Gasteiger partial charge is 0.357 e. The number of carbonyl (C=O) groups excluding carboxylic acids is 2. The Labute approximate surface area is 92.2 Å². The maximum absolute atomic E-state index is 11.4. The number of rotatable bonds is 3. The summed E-state index contributed by atoms with van der Waals surface area (Å²) >= 11 is 5.68. The number of halogens is 1. The first kappa shape index (κ1) is 11.7. The normalized spacial score (nSPS) is 9.80. The van der Waals surface area contributed by atoms with E-state index >= 15 is 0 Å². The maximum Gasteiger partial charge on any atom is 0.357 e. The summed E-state index contributed by atoms with van der Waals surface area (Å²) in [6.45, 7) is 3.26. The van der Waals surface area contributed by atoms with Crippen LogP contribution in [0.4, 0.5) is 0 Å². The first-order valence-electron chi connectivity index (χ1n) is 4.39. The molecule has 80 valence electrons. The Hall–Kier alpha value is -1.42. The number of ether oxygens (including phenoxy) is 1. The molecule has 0 aliphatic heterocycles. The van der Waals surface area contributed by atoms with Gasteiger partial charge in [0.2, 0.25) is 0 Å². The summed E-state index contributed by atoms with van der Waals surface area (Å²) in [6, 6.07) is 1.41. The molecule has 15 heavy (non-hydrogen) atoms. The van der Waals surface area contributed by atoms with E-state index < -0.39 is 5.97 Å². The number of pyridine rings is 1. The molecule has 0 aliphatic rings. The van der Waals surface area contributed by atoms with Crippen LogP contribution in [0.1, 0.15) is 34.7 Å². The molecular weight excluding hydrogens is 218 g/mol. The second kappa shape index (κ2) is 4.89. The topological polar surface area (TPSA) is 56.3 Å². The summed E-state index contributed by atoms with van der Waals surface area (Å²) in [6.07, 6.45) is 1.31. The third kappa shape index (κ3) is 2.76. The lowest BCUT2D eigenvalue weighted by Gasteiger charge is -2.05. The zero-order valence-electron chi connectivity index (χ0n) is 8.41. The molecule has 0 saturated carbocycles. The van der Waals surface area contributed by atoms with Gasteiger partial charge in [0.05, 0.1) is 17.2 Å². The lowest BCUT2D eigenvalue weighted by Crippen LogP contribution is -2.12. The van der Waals surface area contributed by atoms with Gasteiger partial charge in [0.25, 0.3) is 0 Å². The first-order valence-corrected chi connectivity index (χ1v) is 4.77. The van der Waals surface area contributed by atoms with Gasteiger partial charge in [-0.1, -0.05) is 11.6 Å². The van der Waals surface area contributed by atoms with Crippen LogP contribution < -0.4 is 0 Å². The van der Waals surface area contributed by atoms with E-state index in [1.54, 1.807) is 6.92 Å². The fourth-order valence-electron chi connectivity index (χ4n) is 1.07. The largest absolute Gasteiger partial charge is 0.461 e. The van der Waals surface area contributed by atoms with Crippen LogP contribution in [0, 0.1) is 0 Å². The Morgan fingerprint density at radius 3 is 2.73 bits per heavy atom. The molecule has 1 aromatic heterocycles. The molecule has 0 aromatic carbocycles. The van der Waals surface area contributed by atoms with Gasteiger partial charge in [-0.25, -0.2) is 9.78 Å². The van der Waals surface area contributed by atoms with Crippen molar-refractivity contribution < 1.29 is 14.3 Å². The summed E-state index contributed by atoms with van der Waals surface area (Å²) in [5.74, 6) is -0.882. The van der Waals surface area contributed by atoms with Crippen LogP contribution in [0.3, 0.4) is 0 Å². The maximum atomic E-state index is 11.4. The van der Waals surface area contributed by atoms with Crippen LogP contribution >= 0.6 is 11.6 Å². The van der Waals surface area contributed by atoms with E-state index in [0.29, 0.717) is 5.02 Å². The first-order chi connectivity index (χ1) is 7.06. The molecular formula is C10H10ClNO3. The van der Waals surface area contributed by atoms with Crippen LogP contribution in [0.25, 0.3) is 0 Å². The highest BCUT2D eigenvalue weighted by atomic mass is 35.5. The van der Waals surface area contributed by atoms with Gasteiger partial charge in [-0.2, -0.15) is 0 Å². The number of ketones is 1. The number of Topliss-reactive ketones (excluding diaryl/α,β-unsaturated/α-hetero) is 1. The van der Waals surface area contributed by atoms with Gasteiger partial charge >= 0.3 is 5.97 Å². The van der Waals surface area contributed by atoms with Crippen LogP contribution in [-0.2, 0) is 4.74 Å². The van der Waals surface area contributed by atoms with E-state index in [9.17, 15) is 9.59 Å². The van der Waals surface area contributed by atoms with Crippen LogP contribution in [0.2, 0.25) is 5.02 Å². The summed E-state index contributed by atoms with van der Waals surface area (Å²) in [5.41, 5.74) is 0.190. The minimum Gasteiger partial charge on any atom is -0.461 e. The summed E-state index contributed by atoms with van der Waals surface area (Å²) in [5, 5.41) is 0.313. The van der Waals surface area contributed by atoms with E-state index in [1.807, 2.05) is 0 Å². The molecule has 0 spiro atoms. The molecule has 0 saturated heterocycles. The van der Waals surface area contributed by atoms with Crippen molar-refractivity contribution in [1.82, 2.24) is 4.98 Å². The van der Waals surface area contributed by atoms with Crippen molar-refractivity contribution in [2.24, 2.45) is 0 Å². The quantitative estimate of drug-likeness (QED) is 0.586. The standard InChI is InChI=1S/C10H10ClNO3/c1-3-15-10(14)9-8(6(2)13)4-7(11)5-12-9/h4-5H,3H2,1-2H3. The zero-order chi connectivity index (χ0) is 11.4. The molecule has 1 rings (SSSR count). The number of hydrogen-bond acceptors (Lipinski definition) is 4. The number of hydrogen-bond donors (Lipinski definition) is 0. The monoisotopic (exact) mass is 227 g/mol. The fourth-order valence-corrected chi connectivity index (χ4v) is 1.23. The van der Waals surface area contributed by atoms with E-state index in [1.165, 1.54) is 19.2 Å². The van der Waals surface area contributed by atoms with Gasteiger partial charge in [0.1, 0.15) is 0 Å². The average molecular weight is 228 g/mol. The van der Waals surface area contributed by atoms with Crippen molar-refractivity contribution in [3.63, 3.8) is 0 Å². The van der Waals surface area contributed by atoms with Crippen molar-refractivity contribution in [3.05, 3.63) is 28.5 Å². The molecule has 1 heterocycles. The molecule has 0 radical (unpaired) electrons. The molecule has 5 heteroatoms. The lowest BCUT2D eigenvalue weighted by molar-refractivity contribution is 0.0516. The third-order valence-corrected chi connectivity index (χ3v) is 1.91. The highest BCUT2D eigenvalue weighted by molar-refractivity contribution is 6.31. The van der Waals surface area contributed by atoms with E-state index in [2.05, 4.69) is 4.98 Å². The number of esters is 1. The van der Waals surface area contributed by atoms with Gasteiger partial charge in [0, 0.05) is 6.20 Å². The molecule has 0 bridgehead atoms.